The van der Waals surface area contributed by atoms with Crippen molar-refractivity contribution >= 4 is 0 Å². The van der Waals surface area contributed by atoms with Crippen molar-refractivity contribution in [1.82, 2.24) is 10.2 Å². The predicted molar refractivity (Wildman–Crippen MR) is 69.9 cm³/mol. The zero-order valence-corrected chi connectivity index (χ0v) is 11.0. The van der Waals surface area contributed by atoms with Crippen LogP contribution in [0.15, 0.2) is 23.0 Å². The molecule has 1 heterocycles. The Labute approximate surface area is 104 Å². The van der Waals surface area contributed by atoms with Gasteiger partial charge in [0.15, 0.2) is 0 Å². The summed E-state index contributed by atoms with van der Waals surface area (Å²) in [6, 6.07) is 2.05. The van der Waals surface area contributed by atoms with E-state index in [1.807, 2.05) is 6.26 Å². The van der Waals surface area contributed by atoms with Gasteiger partial charge in [0.25, 0.3) is 0 Å². The SMILES string of the molecule is CNCC1(CN(C)Cc2ccoc2)CCCC1. The minimum Gasteiger partial charge on any atom is -0.472 e. The van der Waals surface area contributed by atoms with Gasteiger partial charge in [-0.1, -0.05) is 12.8 Å². The summed E-state index contributed by atoms with van der Waals surface area (Å²) in [5, 5.41) is 3.37. The fraction of sp³-hybridized carbons (Fsp3) is 0.714. The molecule has 96 valence electrons. The van der Waals surface area contributed by atoms with E-state index in [1.54, 1.807) is 6.26 Å². The number of hydrogen-bond acceptors (Lipinski definition) is 3. The van der Waals surface area contributed by atoms with Crippen molar-refractivity contribution in [3.63, 3.8) is 0 Å². The smallest absolute Gasteiger partial charge is 0.0947 e. The minimum atomic E-state index is 0.493. The van der Waals surface area contributed by atoms with Gasteiger partial charge in [-0.25, -0.2) is 0 Å². The van der Waals surface area contributed by atoms with Crippen LogP contribution in [0.1, 0.15) is 31.2 Å². The molecule has 1 aromatic rings. The molecule has 1 fully saturated rings. The number of rotatable bonds is 6. The summed E-state index contributed by atoms with van der Waals surface area (Å²) in [4.78, 5) is 2.42. The van der Waals surface area contributed by atoms with Gasteiger partial charge in [-0.05, 0) is 38.4 Å². The second kappa shape index (κ2) is 5.69. The van der Waals surface area contributed by atoms with Gasteiger partial charge in [0.05, 0.1) is 12.5 Å². The Morgan fingerprint density at radius 3 is 2.76 bits per heavy atom. The van der Waals surface area contributed by atoms with E-state index in [2.05, 4.69) is 30.4 Å². The highest BCUT2D eigenvalue weighted by atomic mass is 16.3. The first-order valence-electron chi connectivity index (χ1n) is 6.58. The summed E-state index contributed by atoms with van der Waals surface area (Å²) < 4.78 is 5.12. The van der Waals surface area contributed by atoms with E-state index >= 15 is 0 Å². The zero-order valence-electron chi connectivity index (χ0n) is 11.0. The van der Waals surface area contributed by atoms with Gasteiger partial charge < -0.3 is 14.6 Å². The van der Waals surface area contributed by atoms with Crippen LogP contribution in [0.5, 0.6) is 0 Å². The highest BCUT2D eigenvalue weighted by Gasteiger charge is 2.34. The molecule has 0 bridgehead atoms. The van der Waals surface area contributed by atoms with E-state index in [-0.39, 0.29) is 0 Å². The molecule has 17 heavy (non-hydrogen) atoms. The van der Waals surface area contributed by atoms with E-state index in [9.17, 15) is 0 Å². The maximum Gasteiger partial charge on any atom is 0.0947 e. The van der Waals surface area contributed by atoms with Gasteiger partial charge in [-0.15, -0.1) is 0 Å². The van der Waals surface area contributed by atoms with Crippen molar-refractivity contribution in [2.24, 2.45) is 5.41 Å². The molecule has 0 atom stereocenters. The topological polar surface area (TPSA) is 28.4 Å². The molecule has 2 rings (SSSR count). The minimum absolute atomic E-state index is 0.493. The van der Waals surface area contributed by atoms with Crippen LogP contribution < -0.4 is 5.32 Å². The van der Waals surface area contributed by atoms with Gasteiger partial charge in [0.2, 0.25) is 0 Å². The quantitative estimate of drug-likeness (QED) is 0.822. The normalized spacial score (nSPS) is 19.0. The van der Waals surface area contributed by atoms with Crippen LogP contribution in [-0.2, 0) is 6.54 Å². The molecule has 1 aliphatic carbocycles. The Morgan fingerprint density at radius 2 is 2.18 bits per heavy atom. The van der Waals surface area contributed by atoms with Gasteiger partial charge in [0, 0.05) is 25.2 Å². The molecule has 1 aromatic heterocycles. The fourth-order valence-corrected chi connectivity index (χ4v) is 3.21. The van der Waals surface area contributed by atoms with Crippen molar-refractivity contribution in [2.45, 2.75) is 32.2 Å². The van der Waals surface area contributed by atoms with Gasteiger partial charge >= 0.3 is 0 Å². The monoisotopic (exact) mass is 236 g/mol. The highest BCUT2D eigenvalue weighted by molar-refractivity contribution is 5.05. The van der Waals surface area contributed by atoms with Gasteiger partial charge in [0.1, 0.15) is 0 Å². The van der Waals surface area contributed by atoms with Crippen molar-refractivity contribution in [3.8, 4) is 0 Å². The first kappa shape index (κ1) is 12.7. The first-order valence-corrected chi connectivity index (χ1v) is 6.58. The molecule has 0 radical (unpaired) electrons. The highest BCUT2D eigenvalue weighted by Crippen LogP contribution is 2.38. The molecular formula is C14H24N2O. The van der Waals surface area contributed by atoms with E-state index in [0.717, 1.165) is 13.1 Å². The Bertz CT molecular complexity index is 315. The summed E-state index contributed by atoms with van der Waals surface area (Å²) in [5.74, 6) is 0. The fourth-order valence-electron chi connectivity index (χ4n) is 3.21. The Hall–Kier alpha value is -0.800. The molecule has 1 saturated carbocycles. The van der Waals surface area contributed by atoms with Crippen LogP contribution in [0.25, 0.3) is 0 Å². The average Bonchev–Trinajstić information content (AvgIpc) is 2.90. The molecule has 3 heteroatoms. The average molecular weight is 236 g/mol. The predicted octanol–water partition coefficient (Wildman–Crippen LogP) is 2.49. The van der Waals surface area contributed by atoms with Crippen LogP contribution in [0.2, 0.25) is 0 Å². The van der Waals surface area contributed by atoms with E-state index in [4.69, 9.17) is 4.42 Å². The number of nitrogens with one attached hydrogen (secondary N) is 1. The van der Waals surface area contributed by atoms with Gasteiger partial charge in [-0.3, -0.25) is 0 Å². The van der Waals surface area contributed by atoms with E-state index in [1.165, 1.54) is 37.8 Å². The first-order chi connectivity index (χ1) is 8.24. The second-order valence-corrected chi connectivity index (χ2v) is 5.54. The lowest BCUT2D eigenvalue weighted by Gasteiger charge is -2.33. The Morgan fingerprint density at radius 1 is 1.41 bits per heavy atom. The number of furan rings is 1. The van der Waals surface area contributed by atoms with Crippen molar-refractivity contribution in [1.29, 1.82) is 0 Å². The third kappa shape index (κ3) is 3.33. The molecule has 0 aromatic carbocycles. The van der Waals surface area contributed by atoms with Gasteiger partial charge in [-0.2, -0.15) is 0 Å². The van der Waals surface area contributed by atoms with Crippen LogP contribution in [0, 0.1) is 5.41 Å². The molecular weight excluding hydrogens is 212 g/mol. The van der Waals surface area contributed by atoms with Crippen LogP contribution in [-0.4, -0.2) is 32.1 Å². The van der Waals surface area contributed by atoms with Crippen LogP contribution >= 0.6 is 0 Å². The molecule has 0 spiro atoms. The second-order valence-electron chi connectivity index (χ2n) is 5.54. The maximum absolute atomic E-state index is 5.12. The summed E-state index contributed by atoms with van der Waals surface area (Å²) >= 11 is 0. The van der Waals surface area contributed by atoms with Crippen molar-refractivity contribution < 1.29 is 4.42 Å². The summed E-state index contributed by atoms with van der Waals surface area (Å²) in [6.45, 7) is 3.31. The van der Waals surface area contributed by atoms with Crippen molar-refractivity contribution in [2.75, 3.05) is 27.2 Å². The van der Waals surface area contributed by atoms with Crippen LogP contribution in [0.4, 0.5) is 0 Å². The standard InChI is InChI=1S/C14H24N2O/c1-15-11-14(6-3-4-7-14)12-16(2)9-13-5-8-17-10-13/h5,8,10,15H,3-4,6-7,9,11-12H2,1-2H3. The number of hydrogen-bond donors (Lipinski definition) is 1. The zero-order chi connectivity index (χ0) is 12.1. The summed E-state index contributed by atoms with van der Waals surface area (Å²) in [7, 11) is 4.28. The molecule has 0 unspecified atom stereocenters. The van der Waals surface area contributed by atoms with Crippen molar-refractivity contribution in [3.05, 3.63) is 24.2 Å². The largest absolute Gasteiger partial charge is 0.472 e. The third-order valence-electron chi connectivity index (χ3n) is 3.85. The molecule has 0 saturated heterocycles. The molecule has 1 aliphatic rings. The molecule has 0 aliphatic heterocycles. The Balaban J connectivity index is 1.89. The van der Waals surface area contributed by atoms with Crippen LogP contribution in [0.3, 0.4) is 0 Å². The lowest BCUT2D eigenvalue weighted by molar-refractivity contribution is 0.170. The van der Waals surface area contributed by atoms with E-state index < -0.39 is 0 Å². The maximum atomic E-state index is 5.12. The Kier molecular flexibility index (Phi) is 4.24. The molecule has 0 amide bonds. The molecule has 3 nitrogen and oxygen atoms in total. The third-order valence-corrected chi connectivity index (χ3v) is 3.85. The lowest BCUT2D eigenvalue weighted by Crippen LogP contribution is -2.40. The molecule has 1 N–H and O–H groups in total. The lowest BCUT2D eigenvalue weighted by atomic mass is 9.85. The summed E-state index contributed by atoms with van der Waals surface area (Å²) in [5.41, 5.74) is 1.76. The number of nitrogens with zero attached hydrogens (tertiary/aromatic N) is 1. The van der Waals surface area contributed by atoms with E-state index in [0.29, 0.717) is 5.41 Å². The summed E-state index contributed by atoms with van der Waals surface area (Å²) in [6.07, 6.45) is 9.10.